The van der Waals surface area contributed by atoms with E-state index in [1.54, 1.807) is 0 Å². The number of rotatable bonds is 3. The Kier molecular flexibility index (Phi) is 4.25. The van der Waals surface area contributed by atoms with Gasteiger partial charge in [0.05, 0.1) is 0 Å². The Balaban J connectivity index is 1.48. The molecule has 1 N–H and O–H groups in total. The van der Waals surface area contributed by atoms with Crippen molar-refractivity contribution in [1.29, 1.82) is 0 Å². The predicted molar refractivity (Wildman–Crippen MR) is 76.7 cm³/mol. The SMILES string of the molecule is CCC1CCCN(CC2CC3CCCCC3N2)C1. The van der Waals surface area contributed by atoms with Crippen molar-refractivity contribution in [2.75, 3.05) is 19.6 Å². The van der Waals surface area contributed by atoms with E-state index in [-0.39, 0.29) is 0 Å². The molecule has 18 heavy (non-hydrogen) atoms. The van der Waals surface area contributed by atoms with E-state index in [0.717, 1.165) is 23.9 Å². The Hall–Kier alpha value is -0.0800. The maximum absolute atomic E-state index is 3.93. The molecule has 4 atom stereocenters. The molecule has 3 aliphatic rings. The lowest BCUT2D eigenvalue weighted by Gasteiger charge is -2.34. The van der Waals surface area contributed by atoms with Gasteiger partial charge in [-0.05, 0) is 50.5 Å². The highest BCUT2D eigenvalue weighted by Gasteiger charge is 2.35. The largest absolute Gasteiger partial charge is 0.310 e. The second-order valence-corrected chi connectivity index (χ2v) is 6.93. The van der Waals surface area contributed by atoms with Crippen molar-refractivity contribution in [2.45, 2.75) is 70.4 Å². The van der Waals surface area contributed by atoms with Crippen molar-refractivity contribution in [3.05, 3.63) is 0 Å². The van der Waals surface area contributed by atoms with Gasteiger partial charge in [0.25, 0.3) is 0 Å². The summed E-state index contributed by atoms with van der Waals surface area (Å²) in [5.74, 6) is 1.98. The van der Waals surface area contributed by atoms with Crippen LogP contribution < -0.4 is 5.32 Å². The lowest BCUT2D eigenvalue weighted by molar-refractivity contribution is 0.158. The summed E-state index contributed by atoms with van der Waals surface area (Å²) in [7, 11) is 0. The molecule has 0 aromatic rings. The molecule has 0 spiro atoms. The Labute approximate surface area is 113 Å². The van der Waals surface area contributed by atoms with Crippen LogP contribution in [-0.2, 0) is 0 Å². The molecular weight excluding hydrogens is 220 g/mol. The van der Waals surface area contributed by atoms with E-state index in [2.05, 4.69) is 17.1 Å². The van der Waals surface area contributed by atoms with Crippen LogP contribution >= 0.6 is 0 Å². The number of likely N-dealkylation sites (tertiary alicyclic amines) is 1. The third-order valence-corrected chi connectivity index (χ3v) is 5.61. The monoisotopic (exact) mass is 250 g/mol. The molecule has 1 saturated carbocycles. The summed E-state index contributed by atoms with van der Waals surface area (Å²) in [5, 5.41) is 3.93. The third kappa shape index (κ3) is 2.91. The van der Waals surface area contributed by atoms with Gasteiger partial charge in [-0.3, -0.25) is 0 Å². The lowest BCUT2D eigenvalue weighted by atomic mass is 9.85. The molecule has 2 heterocycles. The molecule has 2 heteroatoms. The number of hydrogen-bond donors (Lipinski definition) is 1. The first-order valence-corrected chi connectivity index (χ1v) is 8.33. The molecule has 0 radical (unpaired) electrons. The Morgan fingerprint density at radius 3 is 2.83 bits per heavy atom. The maximum Gasteiger partial charge on any atom is 0.0200 e. The van der Waals surface area contributed by atoms with Crippen molar-refractivity contribution >= 4 is 0 Å². The zero-order valence-electron chi connectivity index (χ0n) is 12.0. The normalized spacial score (nSPS) is 41.8. The highest BCUT2D eigenvalue weighted by molar-refractivity contribution is 4.94. The molecule has 104 valence electrons. The Morgan fingerprint density at radius 2 is 2.00 bits per heavy atom. The van der Waals surface area contributed by atoms with E-state index in [1.165, 1.54) is 71.0 Å². The maximum atomic E-state index is 3.93. The lowest BCUT2D eigenvalue weighted by Crippen LogP contribution is -2.44. The van der Waals surface area contributed by atoms with Gasteiger partial charge in [-0.1, -0.05) is 26.2 Å². The average Bonchev–Trinajstić information content (AvgIpc) is 2.81. The van der Waals surface area contributed by atoms with Crippen LogP contribution in [0.15, 0.2) is 0 Å². The number of fused-ring (bicyclic) bond motifs is 1. The molecule has 0 amide bonds. The van der Waals surface area contributed by atoms with E-state index < -0.39 is 0 Å². The summed E-state index contributed by atoms with van der Waals surface area (Å²) in [6.07, 6.45) is 11.6. The van der Waals surface area contributed by atoms with Crippen molar-refractivity contribution in [3.8, 4) is 0 Å². The minimum Gasteiger partial charge on any atom is -0.310 e. The van der Waals surface area contributed by atoms with Gasteiger partial charge in [-0.2, -0.15) is 0 Å². The Morgan fingerprint density at radius 1 is 1.11 bits per heavy atom. The molecular formula is C16H30N2. The van der Waals surface area contributed by atoms with Gasteiger partial charge in [0.1, 0.15) is 0 Å². The molecule has 1 aliphatic carbocycles. The highest BCUT2D eigenvalue weighted by Crippen LogP contribution is 2.33. The summed E-state index contributed by atoms with van der Waals surface area (Å²) in [4.78, 5) is 2.74. The van der Waals surface area contributed by atoms with Gasteiger partial charge in [0.15, 0.2) is 0 Å². The molecule has 0 aromatic carbocycles. The minimum atomic E-state index is 0.800. The standard InChI is InChI=1S/C16H30N2/c1-2-13-6-5-9-18(11-13)12-15-10-14-7-3-4-8-16(14)17-15/h13-17H,2-12H2,1H3. The van der Waals surface area contributed by atoms with E-state index >= 15 is 0 Å². The molecule has 3 rings (SSSR count). The number of nitrogens with zero attached hydrogens (tertiary/aromatic N) is 1. The van der Waals surface area contributed by atoms with Crippen LogP contribution in [0.2, 0.25) is 0 Å². The third-order valence-electron chi connectivity index (χ3n) is 5.61. The van der Waals surface area contributed by atoms with Crippen LogP contribution in [0.1, 0.15) is 58.3 Å². The zero-order valence-corrected chi connectivity index (χ0v) is 12.0. The van der Waals surface area contributed by atoms with Crippen LogP contribution in [0.5, 0.6) is 0 Å². The zero-order chi connectivity index (χ0) is 12.4. The molecule has 4 unspecified atom stereocenters. The number of nitrogens with one attached hydrogen (secondary N) is 1. The van der Waals surface area contributed by atoms with E-state index in [0.29, 0.717) is 0 Å². The molecule has 3 fully saturated rings. The van der Waals surface area contributed by atoms with Gasteiger partial charge in [-0.25, -0.2) is 0 Å². The first-order valence-electron chi connectivity index (χ1n) is 8.33. The van der Waals surface area contributed by atoms with Crippen molar-refractivity contribution < 1.29 is 0 Å². The molecule has 2 aliphatic heterocycles. The number of piperidine rings is 1. The van der Waals surface area contributed by atoms with Crippen LogP contribution in [-0.4, -0.2) is 36.6 Å². The van der Waals surface area contributed by atoms with Crippen LogP contribution in [0.25, 0.3) is 0 Å². The molecule has 2 saturated heterocycles. The first kappa shape index (κ1) is 12.9. The van der Waals surface area contributed by atoms with E-state index in [4.69, 9.17) is 0 Å². The second kappa shape index (κ2) is 5.92. The van der Waals surface area contributed by atoms with Gasteiger partial charge in [-0.15, -0.1) is 0 Å². The second-order valence-electron chi connectivity index (χ2n) is 6.93. The van der Waals surface area contributed by atoms with Crippen molar-refractivity contribution in [2.24, 2.45) is 11.8 Å². The van der Waals surface area contributed by atoms with E-state index in [1.807, 2.05) is 0 Å². The van der Waals surface area contributed by atoms with Gasteiger partial charge in [0.2, 0.25) is 0 Å². The van der Waals surface area contributed by atoms with Crippen LogP contribution in [0.4, 0.5) is 0 Å². The fourth-order valence-corrected chi connectivity index (χ4v) is 4.53. The summed E-state index contributed by atoms with van der Waals surface area (Å²) < 4.78 is 0. The van der Waals surface area contributed by atoms with Gasteiger partial charge < -0.3 is 10.2 Å². The van der Waals surface area contributed by atoms with Gasteiger partial charge in [0, 0.05) is 25.2 Å². The Bertz CT molecular complexity index is 252. The summed E-state index contributed by atoms with van der Waals surface area (Å²) in [6, 6.07) is 1.67. The fraction of sp³-hybridized carbons (Fsp3) is 1.00. The fourth-order valence-electron chi connectivity index (χ4n) is 4.53. The average molecular weight is 250 g/mol. The van der Waals surface area contributed by atoms with Crippen molar-refractivity contribution in [3.63, 3.8) is 0 Å². The molecule has 0 aromatic heterocycles. The minimum absolute atomic E-state index is 0.800. The number of hydrogen-bond acceptors (Lipinski definition) is 2. The predicted octanol–water partition coefficient (Wildman–Crippen LogP) is 3.03. The summed E-state index contributed by atoms with van der Waals surface area (Å²) >= 11 is 0. The summed E-state index contributed by atoms with van der Waals surface area (Å²) in [6.45, 7) is 6.40. The quantitative estimate of drug-likeness (QED) is 0.828. The van der Waals surface area contributed by atoms with Crippen LogP contribution in [0, 0.1) is 11.8 Å². The summed E-state index contributed by atoms with van der Waals surface area (Å²) in [5.41, 5.74) is 0. The van der Waals surface area contributed by atoms with Crippen molar-refractivity contribution in [1.82, 2.24) is 10.2 Å². The smallest absolute Gasteiger partial charge is 0.0200 e. The topological polar surface area (TPSA) is 15.3 Å². The highest BCUT2D eigenvalue weighted by atomic mass is 15.2. The van der Waals surface area contributed by atoms with E-state index in [9.17, 15) is 0 Å². The van der Waals surface area contributed by atoms with Crippen LogP contribution in [0.3, 0.4) is 0 Å². The molecule has 0 bridgehead atoms. The van der Waals surface area contributed by atoms with Gasteiger partial charge >= 0.3 is 0 Å². The first-order chi connectivity index (χ1) is 8.85. The molecule has 2 nitrogen and oxygen atoms in total.